The average molecular weight is 488 g/mol. The van der Waals surface area contributed by atoms with Crippen molar-refractivity contribution in [1.29, 1.82) is 0 Å². The maximum atomic E-state index is 13.3. The average Bonchev–Trinajstić information content (AvgIpc) is 3.40. The Balaban J connectivity index is 1.24. The number of anilines is 1. The number of fused-ring (bicyclic) bond motifs is 1. The summed E-state index contributed by atoms with van der Waals surface area (Å²) in [5, 5.41) is 4.20. The molecular formula is C28H33N5OS. The molecule has 5 rings (SSSR count). The third-order valence-corrected chi connectivity index (χ3v) is 8.25. The number of pyridine rings is 1. The Morgan fingerprint density at radius 2 is 1.71 bits per heavy atom. The van der Waals surface area contributed by atoms with Gasteiger partial charge in [0.2, 0.25) is 0 Å². The van der Waals surface area contributed by atoms with Gasteiger partial charge >= 0.3 is 0 Å². The normalized spacial score (nSPS) is 14.6. The fraction of sp³-hybridized carbons (Fsp3) is 0.357. The number of carbonyl (C=O) groups excluding carboxylic acids is 1. The Morgan fingerprint density at radius 1 is 0.971 bits per heavy atom. The maximum absolute atomic E-state index is 13.3. The molecule has 35 heavy (non-hydrogen) atoms. The van der Waals surface area contributed by atoms with Gasteiger partial charge in [-0.25, -0.2) is 4.98 Å². The molecule has 0 aliphatic carbocycles. The zero-order chi connectivity index (χ0) is 24.5. The van der Waals surface area contributed by atoms with Crippen molar-refractivity contribution in [3.63, 3.8) is 0 Å². The number of carbonyl (C=O) groups is 1. The zero-order valence-electron chi connectivity index (χ0n) is 21.0. The lowest BCUT2D eigenvalue weighted by Crippen LogP contribution is -2.48. The van der Waals surface area contributed by atoms with E-state index in [2.05, 4.69) is 88.8 Å². The van der Waals surface area contributed by atoms with Crippen molar-refractivity contribution in [1.82, 2.24) is 19.8 Å². The van der Waals surface area contributed by atoms with Crippen molar-refractivity contribution in [2.45, 2.75) is 27.7 Å². The molecule has 1 fully saturated rings. The lowest BCUT2D eigenvalue weighted by atomic mass is 10.1. The van der Waals surface area contributed by atoms with Crippen molar-refractivity contribution < 1.29 is 4.79 Å². The van der Waals surface area contributed by atoms with Crippen LogP contribution in [0.15, 0.2) is 48.7 Å². The predicted molar refractivity (Wildman–Crippen MR) is 145 cm³/mol. The van der Waals surface area contributed by atoms with E-state index in [1.807, 2.05) is 6.07 Å². The Bertz CT molecular complexity index is 1340. The topological polar surface area (TPSA) is 53.4 Å². The maximum Gasteiger partial charge on any atom is 0.263 e. The second-order valence-corrected chi connectivity index (χ2v) is 10.4. The highest BCUT2D eigenvalue weighted by Gasteiger charge is 2.23. The number of nitrogens with zero attached hydrogens (tertiary/aromatic N) is 4. The van der Waals surface area contributed by atoms with Crippen LogP contribution in [0.5, 0.6) is 0 Å². The number of aryl methyl sites for hydroxylation is 3. The number of amides is 1. The van der Waals surface area contributed by atoms with E-state index in [4.69, 9.17) is 0 Å². The Hall–Kier alpha value is -3.16. The number of piperazine rings is 1. The molecule has 182 valence electrons. The van der Waals surface area contributed by atoms with Crippen molar-refractivity contribution in [3.8, 4) is 5.69 Å². The molecule has 1 N–H and O–H groups in total. The molecule has 0 unspecified atom stereocenters. The van der Waals surface area contributed by atoms with Crippen molar-refractivity contribution >= 4 is 33.1 Å². The molecule has 4 aromatic rings. The van der Waals surface area contributed by atoms with Crippen LogP contribution in [-0.4, -0.2) is 59.6 Å². The lowest BCUT2D eigenvalue weighted by Gasteiger charge is -2.37. The lowest BCUT2D eigenvalue weighted by molar-refractivity contribution is 0.0952. The molecule has 0 atom stereocenters. The molecule has 1 aromatic carbocycles. The quantitative estimate of drug-likeness (QED) is 0.422. The summed E-state index contributed by atoms with van der Waals surface area (Å²) in [6.45, 7) is 14.0. The van der Waals surface area contributed by atoms with Crippen LogP contribution < -0.4 is 10.2 Å². The molecule has 1 aliphatic heterocycles. The minimum absolute atomic E-state index is 0.0236. The highest BCUT2D eigenvalue weighted by atomic mass is 32.1. The monoisotopic (exact) mass is 487 g/mol. The minimum Gasteiger partial charge on any atom is -0.369 e. The van der Waals surface area contributed by atoms with Gasteiger partial charge in [0, 0.05) is 67.9 Å². The van der Waals surface area contributed by atoms with E-state index in [9.17, 15) is 4.79 Å². The number of benzene rings is 1. The zero-order valence-corrected chi connectivity index (χ0v) is 21.8. The van der Waals surface area contributed by atoms with Gasteiger partial charge in [-0.1, -0.05) is 12.1 Å². The first-order valence-electron chi connectivity index (χ1n) is 12.3. The van der Waals surface area contributed by atoms with Gasteiger partial charge in [0.25, 0.3) is 5.91 Å². The summed E-state index contributed by atoms with van der Waals surface area (Å²) in [4.78, 5) is 24.4. The van der Waals surface area contributed by atoms with E-state index >= 15 is 0 Å². The van der Waals surface area contributed by atoms with Gasteiger partial charge in [-0.15, -0.1) is 11.3 Å². The third-order valence-electron chi connectivity index (χ3n) is 7.14. The summed E-state index contributed by atoms with van der Waals surface area (Å²) >= 11 is 1.47. The molecule has 0 radical (unpaired) electrons. The predicted octanol–water partition coefficient (Wildman–Crippen LogP) is 4.87. The van der Waals surface area contributed by atoms with Gasteiger partial charge in [0.1, 0.15) is 9.71 Å². The molecule has 0 bridgehead atoms. The van der Waals surface area contributed by atoms with Crippen LogP contribution in [0.25, 0.3) is 15.9 Å². The number of rotatable bonds is 6. The van der Waals surface area contributed by atoms with E-state index in [0.717, 1.165) is 64.9 Å². The summed E-state index contributed by atoms with van der Waals surface area (Å²) in [6.07, 6.45) is 1.79. The smallest absolute Gasteiger partial charge is 0.263 e. The number of hydrogen-bond donors (Lipinski definition) is 1. The summed E-state index contributed by atoms with van der Waals surface area (Å²) < 4.78 is 2.17. The first-order chi connectivity index (χ1) is 16.9. The highest BCUT2D eigenvalue weighted by Crippen LogP contribution is 2.34. The highest BCUT2D eigenvalue weighted by molar-refractivity contribution is 7.21. The fourth-order valence-corrected chi connectivity index (χ4v) is 6.06. The van der Waals surface area contributed by atoms with E-state index in [1.54, 1.807) is 6.20 Å². The molecule has 6 nitrogen and oxygen atoms in total. The van der Waals surface area contributed by atoms with Crippen LogP contribution in [0.3, 0.4) is 0 Å². The molecule has 1 aliphatic rings. The van der Waals surface area contributed by atoms with Gasteiger partial charge in [0.15, 0.2) is 0 Å². The van der Waals surface area contributed by atoms with Gasteiger partial charge in [-0.05, 0) is 69.2 Å². The summed E-state index contributed by atoms with van der Waals surface area (Å²) in [5.74, 6) is -0.0236. The second-order valence-electron chi connectivity index (χ2n) is 9.39. The van der Waals surface area contributed by atoms with E-state index in [1.165, 1.54) is 28.2 Å². The SMILES string of the molecule is Cc1cccc(N2CCN(CCNC(=O)c3sc4ncccc4c3-n3c(C)ccc3C)CC2)c1C. The molecular weight excluding hydrogens is 454 g/mol. The van der Waals surface area contributed by atoms with E-state index < -0.39 is 0 Å². The first kappa shape index (κ1) is 23.6. The first-order valence-corrected chi connectivity index (χ1v) is 13.1. The van der Waals surface area contributed by atoms with Crippen LogP contribution in [0, 0.1) is 27.7 Å². The van der Waals surface area contributed by atoms with Gasteiger partial charge in [-0.2, -0.15) is 0 Å². The number of hydrogen-bond acceptors (Lipinski definition) is 5. The molecule has 1 saturated heterocycles. The minimum atomic E-state index is -0.0236. The van der Waals surface area contributed by atoms with Crippen LogP contribution in [-0.2, 0) is 0 Å². The molecule has 7 heteroatoms. The molecule has 4 heterocycles. The van der Waals surface area contributed by atoms with Gasteiger partial charge < -0.3 is 14.8 Å². The van der Waals surface area contributed by atoms with Crippen LogP contribution in [0.4, 0.5) is 5.69 Å². The Labute approximate surface area is 211 Å². The van der Waals surface area contributed by atoms with Crippen LogP contribution in [0.2, 0.25) is 0 Å². The summed E-state index contributed by atoms with van der Waals surface area (Å²) in [6, 6.07) is 14.7. The summed E-state index contributed by atoms with van der Waals surface area (Å²) in [5.41, 5.74) is 7.23. The van der Waals surface area contributed by atoms with Crippen LogP contribution in [0.1, 0.15) is 32.2 Å². The second kappa shape index (κ2) is 9.84. The standard InChI is InChI=1S/C28H33N5OS/c1-19-7-5-9-24(22(19)4)32-17-15-31(16-18-32)14-13-29-27(34)26-25(33-20(2)10-11-21(33)3)23-8-6-12-30-28(23)35-26/h5-12H,13-18H2,1-4H3,(H,29,34). The third kappa shape index (κ3) is 4.58. The molecule has 0 spiro atoms. The molecule has 3 aromatic heterocycles. The summed E-state index contributed by atoms with van der Waals surface area (Å²) in [7, 11) is 0. The van der Waals surface area contributed by atoms with Crippen molar-refractivity contribution in [2.24, 2.45) is 0 Å². The van der Waals surface area contributed by atoms with Gasteiger partial charge in [-0.3, -0.25) is 9.69 Å². The van der Waals surface area contributed by atoms with E-state index in [-0.39, 0.29) is 5.91 Å². The Kier molecular flexibility index (Phi) is 6.62. The molecule has 1 amide bonds. The van der Waals surface area contributed by atoms with Crippen LogP contribution >= 0.6 is 11.3 Å². The largest absolute Gasteiger partial charge is 0.369 e. The Morgan fingerprint density at radius 3 is 2.46 bits per heavy atom. The van der Waals surface area contributed by atoms with Crippen molar-refractivity contribution in [3.05, 3.63) is 76.1 Å². The number of aromatic nitrogens is 2. The van der Waals surface area contributed by atoms with Crippen molar-refractivity contribution in [2.75, 3.05) is 44.2 Å². The number of thiophene rings is 1. The van der Waals surface area contributed by atoms with Gasteiger partial charge in [0.05, 0.1) is 5.69 Å². The molecule has 0 saturated carbocycles. The number of nitrogens with one attached hydrogen (secondary N) is 1. The fourth-order valence-electron chi connectivity index (χ4n) is 5.02. The van der Waals surface area contributed by atoms with E-state index in [0.29, 0.717) is 6.54 Å².